The smallest absolute Gasteiger partial charge is 0.331 e. The molecule has 2 rings (SSSR count). The van der Waals surface area contributed by atoms with Crippen LogP contribution in [0.15, 0.2) is 35.2 Å². The molecule has 1 amide bonds. The molecule has 1 aromatic carbocycles. The first-order chi connectivity index (χ1) is 14.3. The predicted octanol–water partition coefficient (Wildman–Crippen LogP) is 3.06. The van der Waals surface area contributed by atoms with Crippen molar-refractivity contribution in [2.24, 2.45) is 0 Å². The second-order valence-electron chi connectivity index (χ2n) is 7.31. The van der Waals surface area contributed by atoms with Gasteiger partial charge in [0.15, 0.2) is 6.10 Å². The highest BCUT2D eigenvalue weighted by molar-refractivity contribution is 7.89. The van der Waals surface area contributed by atoms with E-state index in [1.807, 2.05) is 0 Å². The third-order valence-electron chi connectivity index (χ3n) is 5.19. The summed E-state index contributed by atoms with van der Waals surface area (Å²) in [6.07, 6.45) is 6.16. The van der Waals surface area contributed by atoms with Gasteiger partial charge in [0.05, 0.1) is 4.90 Å². The lowest BCUT2D eigenvalue weighted by atomic mass is 10.2. The van der Waals surface area contributed by atoms with Crippen molar-refractivity contribution in [3.8, 4) is 0 Å². The van der Waals surface area contributed by atoms with E-state index in [0.29, 0.717) is 31.7 Å². The molecule has 1 saturated heterocycles. The first kappa shape index (κ1) is 24.1. The van der Waals surface area contributed by atoms with Gasteiger partial charge in [0.1, 0.15) is 0 Å². The molecule has 0 bridgehead atoms. The van der Waals surface area contributed by atoms with Crippen molar-refractivity contribution in [2.75, 3.05) is 26.2 Å². The second kappa shape index (κ2) is 11.3. The fourth-order valence-corrected chi connectivity index (χ4v) is 4.90. The molecular weight excluding hydrogens is 404 g/mol. The zero-order valence-corrected chi connectivity index (χ0v) is 18.9. The molecule has 0 aromatic heterocycles. The maximum Gasteiger partial charge on any atom is 0.331 e. The Labute approximate surface area is 179 Å². The van der Waals surface area contributed by atoms with Gasteiger partial charge in [0, 0.05) is 32.3 Å². The van der Waals surface area contributed by atoms with E-state index in [0.717, 1.165) is 25.7 Å². The Hall–Kier alpha value is -2.19. The van der Waals surface area contributed by atoms with Crippen LogP contribution in [-0.4, -0.2) is 61.8 Å². The number of sulfonamides is 1. The molecule has 1 aliphatic rings. The summed E-state index contributed by atoms with van der Waals surface area (Å²) in [7, 11) is -3.51. The standard InChI is InChI=1S/C22H32N2O5S/c1-4-24(5-2)30(27,28)20-13-10-19(11-14-20)12-15-21(25)29-18(3)22(26)23-16-8-6-7-9-17-23/h10-15,18H,4-9,16-17H2,1-3H3/b15-12+. The normalized spacial score (nSPS) is 16.5. The lowest BCUT2D eigenvalue weighted by Crippen LogP contribution is -2.40. The van der Waals surface area contributed by atoms with Crippen LogP contribution >= 0.6 is 0 Å². The van der Waals surface area contributed by atoms with E-state index in [9.17, 15) is 18.0 Å². The minimum Gasteiger partial charge on any atom is -0.449 e. The fraction of sp³-hybridized carbons (Fsp3) is 0.545. The Morgan fingerprint density at radius 1 is 1.07 bits per heavy atom. The molecule has 1 fully saturated rings. The van der Waals surface area contributed by atoms with Crippen LogP contribution in [0, 0.1) is 0 Å². The molecule has 1 aliphatic heterocycles. The Morgan fingerprint density at radius 2 is 1.63 bits per heavy atom. The molecule has 30 heavy (non-hydrogen) atoms. The van der Waals surface area contributed by atoms with Crippen LogP contribution in [0.5, 0.6) is 0 Å². The highest BCUT2D eigenvalue weighted by Gasteiger charge is 2.24. The Bertz CT molecular complexity index is 837. The van der Waals surface area contributed by atoms with Crippen molar-refractivity contribution in [1.29, 1.82) is 0 Å². The molecule has 7 nitrogen and oxygen atoms in total. The van der Waals surface area contributed by atoms with Gasteiger partial charge in [-0.05, 0) is 43.5 Å². The highest BCUT2D eigenvalue weighted by atomic mass is 32.2. The molecule has 0 saturated carbocycles. The van der Waals surface area contributed by atoms with Crippen LogP contribution in [0.4, 0.5) is 0 Å². The van der Waals surface area contributed by atoms with Gasteiger partial charge < -0.3 is 9.64 Å². The molecule has 1 unspecified atom stereocenters. The molecule has 0 aliphatic carbocycles. The minimum atomic E-state index is -3.51. The van der Waals surface area contributed by atoms with E-state index in [-0.39, 0.29) is 10.8 Å². The SMILES string of the molecule is CCN(CC)S(=O)(=O)c1ccc(/C=C/C(=O)OC(C)C(=O)N2CCCCCC2)cc1. The fourth-order valence-electron chi connectivity index (χ4n) is 3.44. The van der Waals surface area contributed by atoms with Gasteiger partial charge >= 0.3 is 5.97 Å². The number of hydrogen-bond donors (Lipinski definition) is 0. The van der Waals surface area contributed by atoms with Crippen LogP contribution in [-0.2, 0) is 24.3 Å². The number of amides is 1. The Kier molecular flexibility index (Phi) is 9.05. The Balaban J connectivity index is 1.95. The lowest BCUT2D eigenvalue weighted by molar-refractivity contribution is -0.155. The summed E-state index contributed by atoms with van der Waals surface area (Å²) < 4.78 is 31.6. The van der Waals surface area contributed by atoms with E-state index in [4.69, 9.17) is 4.74 Å². The van der Waals surface area contributed by atoms with Crippen LogP contribution in [0.3, 0.4) is 0 Å². The first-order valence-electron chi connectivity index (χ1n) is 10.6. The van der Waals surface area contributed by atoms with Crippen LogP contribution in [0.2, 0.25) is 0 Å². The van der Waals surface area contributed by atoms with Gasteiger partial charge in [-0.2, -0.15) is 4.31 Å². The summed E-state index contributed by atoms with van der Waals surface area (Å²) in [5, 5.41) is 0. The quantitative estimate of drug-likeness (QED) is 0.462. The predicted molar refractivity (Wildman–Crippen MR) is 116 cm³/mol. The average Bonchev–Trinajstić information content (AvgIpc) is 3.02. The Morgan fingerprint density at radius 3 is 2.17 bits per heavy atom. The van der Waals surface area contributed by atoms with Gasteiger partial charge in [-0.1, -0.05) is 38.8 Å². The number of likely N-dealkylation sites (tertiary alicyclic amines) is 1. The topological polar surface area (TPSA) is 84.0 Å². The van der Waals surface area contributed by atoms with Crippen molar-refractivity contribution in [2.45, 2.75) is 57.5 Å². The van der Waals surface area contributed by atoms with E-state index < -0.39 is 22.1 Å². The van der Waals surface area contributed by atoms with E-state index in [1.54, 1.807) is 43.9 Å². The van der Waals surface area contributed by atoms with Gasteiger partial charge in [-0.3, -0.25) is 4.79 Å². The first-order valence-corrected chi connectivity index (χ1v) is 12.0. The summed E-state index contributed by atoms with van der Waals surface area (Å²) in [6, 6.07) is 6.30. The van der Waals surface area contributed by atoms with Crippen molar-refractivity contribution in [1.82, 2.24) is 9.21 Å². The van der Waals surface area contributed by atoms with Gasteiger partial charge in [-0.25, -0.2) is 13.2 Å². The monoisotopic (exact) mass is 436 g/mol. The van der Waals surface area contributed by atoms with Crippen LogP contribution in [0.1, 0.15) is 52.0 Å². The zero-order valence-electron chi connectivity index (χ0n) is 18.0. The van der Waals surface area contributed by atoms with E-state index >= 15 is 0 Å². The third-order valence-corrected chi connectivity index (χ3v) is 7.26. The van der Waals surface area contributed by atoms with Gasteiger partial charge in [-0.15, -0.1) is 0 Å². The van der Waals surface area contributed by atoms with Crippen molar-refractivity contribution >= 4 is 28.0 Å². The summed E-state index contributed by atoms with van der Waals surface area (Å²) in [4.78, 5) is 26.5. The maximum absolute atomic E-state index is 12.5. The molecule has 0 radical (unpaired) electrons. The summed E-state index contributed by atoms with van der Waals surface area (Å²) in [5.74, 6) is -0.768. The summed E-state index contributed by atoms with van der Waals surface area (Å²) in [5.41, 5.74) is 0.664. The van der Waals surface area contributed by atoms with Crippen LogP contribution < -0.4 is 0 Å². The van der Waals surface area contributed by atoms with Crippen molar-refractivity contribution in [3.05, 3.63) is 35.9 Å². The number of carbonyl (C=O) groups excluding carboxylic acids is 2. The third kappa shape index (κ3) is 6.40. The van der Waals surface area contributed by atoms with E-state index in [1.165, 1.54) is 22.5 Å². The molecule has 0 N–H and O–H groups in total. The number of hydrogen-bond acceptors (Lipinski definition) is 5. The lowest BCUT2D eigenvalue weighted by Gasteiger charge is -2.23. The molecule has 1 heterocycles. The average molecular weight is 437 g/mol. The minimum absolute atomic E-state index is 0.162. The second-order valence-corrected chi connectivity index (χ2v) is 9.25. The molecule has 1 aromatic rings. The summed E-state index contributed by atoms with van der Waals surface area (Å²) in [6.45, 7) is 7.40. The number of benzene rings is 1. The molecular formula is C22H32N2O5S. The van der Waals surface area contributed by atoms with E-state index in [2.05, 4.69) is 0 Å². The molecule has 8 heteroatoms. The molecule has 0 spiro atoms. The van der Waals surface area contributed by atoms with Gasteiger partial charge in [0.2, 0.25) is 10.0 Å². The molecule has 1 atom stereocenters. The van der Waals surface area contributed by atoms with Crippen LogP contribution in [0.25, 0.3) is 6.08 Å². The molecule has 166 valence electrons. The number of rotatable bonds is 8. The summed E-state index contributed by atoms with van der Waals surface area (Å²) >= 11 is 0. The van der Waals surface area contributed by atoms with Crippen molar-refractivity contribution in [3.63, 3.8) is 0 Å². The number of nitrogens with zero attached hydrogens (tertiary/aromatic N) is 2. The number of carbonyl (C=O) groups is 2. The van der Waals surface area contributed by atoms with Gasteiger partial charge in [0.25, 0.3) is 5.91 Å². The van der Waals surface area contributed by atoms with Crippen molar-refractivity contribution < 1.29 is 22.7 Å². The zero-order chi connectivity index (χ0) is 22.1. The largest absolute Gasteiger partial charge is 0.449 e. The number of esters is 1. The number of ether oxygens (including phenoxy) is 1. The highest BCUT2D eigenvalue weighted by Crippen LogP contribution is 2.17. The maximum atomic E-state index is 12.5.